The van der Waals surface area contributed by atoms with Crippen LogP contribution >= 0.6 is 0 Å². The van der Waals surface area contributed by atoms with Gasteiger partial charge >= 0.3 is 0 Å². The zero-order valence-electron chi connectivity index (χ0n) is 10.7. The molecule has 0 aliphatic carbocycles. The van der Waals surface area contributed by atoms with Crippen LogP contribution in [0.1, 0.15) is 11.7 Å². The molecule has 0 amide bonds. The predicted molar refractivity (Wildman–Crippen MR) is 73.8 cm³/mol. The summed E-state index contributed by atoms with van der Waals surface area (Å²) in [6.45, 7) is 0. The molecule has 0 atom stereocenters. The molecule has 0 saturated carbocycles. The summed E-state index contributed by atoms with van der Waals surface area (Å²) in [5.74, 6) is 1.20. The molecule has 2 heterocycles. The van der Waals surface area contributed by atoms with Gasteiger partial charge in [-0.2, -0.15) is 0 Å². The lowest BCUT2D eigenvalue weighted by molar-refractivity contribution is 0.547. The third-order valence-corrected chi connectivity index (χ3v) is 2.59. The number of hydrogen-bond acceptors (Lipinski definition) is 5. The summed E-state index contributed by atoms with van der Waals surface area (Å²) in [5.41, 5.74) is 1.61. The second-order valence-corrected chi connectivity index (χ2v) is 4.29. The van der Waals surface area contributed by atoms with Gasteiger partial charge in [0.25, 0.3) is 6.01 Å². The van der Waals surface area contributed by atoms with E-state index in [0.29, 0.717) is 17.7 Å². The Bertz CT molecular complexity index is 692. The van der Waals surface area contributed by atoms with Crippen LogP contribution in [0.25, 0.3) is 23.3 Å². The van der Waals surface area contributed by atoms with Crippen LogP contribution in [-0.2, 0) is 0 Å². The molecule has 0 spiro atoms. The number of hydrogen-bond donors (Lipinski definition) is 0. The summed E-state index contributed by atoms with van der Waals surface area (Å²) in [4.78, 5) is 10.3. The van der Waals surface area contributed by atoms with Gasteiger partial charge < -0.3 is 13.7 Å². The fourth-order valence-corrected chi connectivity index (χ4v) is 1.68. The SMILES string of the molecule is CN(C)c1ncc(C=Cc2nc3ccccc3o2)o1. The number of anilines is 1. The van der Waals surface area contributed by atoms with Crippen LogP contribution in [0.2, 0.25) is 0 Å². The minimum absolute atomic E-state index is 0.545. The standard InChI is InChI=1S/C14H13N3O2/c1-17(2)14-15-9-10(18-14)7-8-13-16-11-5-3-4-6-12(11)19-13/h3-9H,1-2H3. The molecule has 96 valence electrons. The summed E-state index contributed by atoms with van der Waals surface area (Å²) in [7, 11) is 3.75. The van der Waals surface area contributed by atoms with E-state index >= 15 is 0 Å². The predicted octanol–water partition coefficient (Wildman–Crippen LogP) is 3.05. The molecule has 0 unspecified atom stereocenters. The fraction of sp³-hybridized carbons (Fsp3) is 0.143. The van der Waals surface area contributed by atoms with E-state index in [2.05, 4.69) is 9.97 Å². The number of para-hydroxylation sites is 2. The third-order valence-electron chi connectivity index (χ3n) is 2.59. The van der Waals surface area contributed by atoms with E-state index in [1.807, 2.05) is 38.4 Å². The molecule has 0 saturated heterocycles. The summed E-state index contributed by atoms with van der Waals surface area (Å²) < 4.78 is 11.1. The van der Waals surface area contributed by atoms with Gasteiger partial charge in [0.05, 0.1) is 6.20 Å². The molecule has 5 heteroatoms. The molecule has 0 fully saturated rings. The normalized spacial score (nSPS) is 11.5. The summed E-state index contributed by atoms with van der Waals surface area (Å²) >= 11 is 0. The number of benzene rings is 1. The lowest BCUT2D eigenvalue weighted by Crippen LogP contribution is -2.08. The van der Waals surface area contributed by atoms with E-state index in [9.17, 15) is 0 Å². The maximum Gasteiger partial charge on any atom is 0.297 e. The van der Waals surface area contributed by atoms with Crippen molar-refractivity contribution in [3.63, 3.8) is 0 Å². The van der Waals surface area contributed by atoms with Crippen molar-refractivity contribution in [2.45, 2.75) is 0 Å². The largest absolute Gasteiger partial charge is 0.437 e. The quantitative estimate of drug-likeness (QED) is 0.720. The first kappa shape index (κ1) is 11.5. The second-order valence-electron chi connectivity index (χ2n) is 4.29. The highest BCUT2D eigenvalue weighted by molar-refractivity contribution is 5.75. The third kappa shape index (κ3) is 2.35. The zero-order valence-corrected chi connectivity index (χ0v) is 10.7. The van der Waals surface area contributed by atoms with Crippen LogP contribution in [0.15, 0.2) is 39.3 Å². The Hall–Kier alpha value is -2.56. The maximum absolute atomic E-state index is 5.57. The maximum atomic E-state index is 5.57. The number of oxazole rings is 2. The Balaban J connectivity index is 1.84. The molecular formula is C14H13N3O2. The number of fused-ring (bicyclic) bond motifs is 1. The van der Waals surface area contributed by atoms with Crippen LogP contribution in [0.3, 0.4) is 0 Å². The molecule has 0 aliphatic rings. The molecule has 0 aliphatic heterocycles. The molecule has 19 heavy (non-hydrogen) atoms. The van der Waals surface area contributed by atoms with Crippen molar-refractivity contribution in [1.29, 1.82) is 0 Å². The van der Waals surface area contributed by atoms with E-state index < -0.39 is 0 Å². The minimum atomic E-state index is 0.545. The zero-order chi connectivity index (χ0) is 13.2. The number of rotatable bonds is 3. The summed E-state index contributed by atoms with van der Waals surface area (Å²) in [6.07, 6.45) is 5.21. The highest BCUT2D eigenvalue weighted by atomic mass is 16.4. The Labute approximate surface area is 110 Å². The highest BCUT2D eigenvalue weighted by Gasteiger charge is 2.04. The average Bonchev–Trinajstić information content (AvgIpc) is 3.02. The van der Waals surface area contributed by atoms with Gasteiger partial charge in [0.2, 0.25) is 5.89 Å². The fourth-order valence-electron chi connectivity index (χ4n) is 1.68. The van der Waals surface area contributed by atoms with Gasteiger partial charge in [-0.05, 0) is 18.2 Å². The molecule has 0 radical (unpaired) electrons. The van der Waals surface area contributed by atoms with Crippen LogP contribution < -0.4 is 4.90 Å². The van der Waals surface area contributed by atoms with E-state index in [-0.39, 0.29) is 0 Å². The van der Waals surface area contributed by atoms with Gasteiger partial charge in [-0.15, -0.1) is 0 Å². The molecule has 3 rings (SSSR count). The van der Waals surface area contributed by atoms with Gasteiger partial charge in [-0.3, -0.25) is 0 Å². The smallest absolute Gasteiger partial charge is 0.297 e. The second kappa shape index (κ2) is 4.61. The summed E-state index contributed by atoms with van der Waals surface area (Å²) in [6, 6.07) is 8.21. The van der Waals surface area contributed by atoms with Crippen molar-refractivity contribution in [3.8, 4) is 0 Å². The molecule has 1 aromatic carbocycles. The number of nitrogens with zero attached hydrogens (tertiary/aromatic N) is 3. The molecular weight excluding hydrogens is 242 g/mol. The van der Waals surface area contributed by atoms with Crippen molar-refractivity contribution in [1.82, 2.24) is 9.97 Å². The first-order valence-corrected chi connectivity index (χ1v) is 5.89. The molecule has 3 aromatic rings. The first-order valence-electron chi connectivity index (χ1n) is 5.89. The van der Waals surface area contributed by atoms with E-state index in [1.165, 1.54) is 0 Å². The van der Waals surface area contributed by atoms with Crippen molar-refractivity contribution in [3.05, 3.63) is 42.1 Å². The van der Waals surface area contributed by atoms with Crippen LogP contribution in [0.5, 0.6) is 0 Å². The molecule has 2 aromatic heterocycles. The molecule has 5 nitrogen and oxygen atoms in total. The Kier molecular flexibility index (Phi) is 2.79. The van der Waals surface area contributed by atoms with Crippen LogP contribution in [0.4, 0.5) is 6.01 Å². The Morgan fingerprint density at radius 3 is 2.68 bits per heavy atom. The molecule has 0 N–H and O–H groups in total. The highest BCUT2D eigenvalue weighted by Crippen LogP contribution is 2.18. The van der Waals surface area contributed by atoms with Gasteiger partial charge in [0.1, 0.15) is 11.3 Å². The van der Waals surface area contributed by atoms with Gasteiger partial charge in [-0.25, -0.2) is 9.97 Å². The van der Waals surface area contributed by atoms with Crippen molar-refractivity contribution in [2.75, 3.05) is 19.0 Å². The van der Waals surface area contributed by atoms with Gasteiger partial charge in [0, 0.05) is 20.2 Å². The van der Waals surface area contributed by atoms with E-state index in [4.69, 9.17) is 8.83 Å². The van der Waals surface area contributed by atoms with Crippen molar-refractivity contribution < 1.29 is 8.83 Å². The van der Waals surface area contributed by atoms with E-state index in [1.54, 1.807) is 23.2 Å². The molecule has 0 bridgehead atoms. The van der Waals surface area contributed by atoms with Gasteiger partial charge in [-0.1, -0.05) is 12.1 Å². The van der Waals surface area contributed by atoms with Crippen LogP contribution in [0, 0.1) is 0 Å². The average molecular weight is 255 g/mol. The number of aromatic nitrogens is 2. The Morgan fingerprint density at radius 2 is 1.95 bits per heavy atom. The van der Waals surface area contributed by atoms with Crippen LogP contribution in [-0.4, -0.2) is 24.1 Å². The minimum Gasteiger partial charge on any atom is -0.437 e. The van der Waals surface area contributed by atoms with Crippen molar-refractivity contribution >= 4 is 29.3 Å². The lowest BCUT2D eigenvalue weighted by Gasteiger charge is -2.03. The first-order chi connectivity index (χ1) is 9.22. The van der Waals surface area contributed by atoms with Gasteiger partial charge in [0.15, 0.2) is 5.58 Å². The van der Waals surface area contributed by atoms with E-state index in [0.717, 1.165) is 11.1 Å². The van der Waals surface area contributed by atoms with Crippen molar-refractivity contribution in [2.24, 2.45) is 0 Å². The monoisotopic (exact) mass is 255 g/mol. The lowest BCUT2D eigenvalue weighted by atomic mass is 10.3. The Morgan fingerprint density at radius 1 is 1.11 bits per heavy atom. The summed E-state index contributed by atoms with van der Waals surface area (Å²) in [5, 5.41) is 0. The topological polar surface area (TPSA) is 55.3 Å².